The van der Waals surface area contributed by atoms with E-state index in [2.05, 4.69) is 0 Å². The molecule has 3 nitrogen and oxygen atoms in total. The molecule has 0 aromatic heterocycles. The van der Waals surface area contributed by atoms with Gasteiger partial charge in [-0.05, 0) is 19.6 Å². The highest BCUT2D eigenvalue weighted by molar-refractivity contribution is 6.75. The summed E-state index contributed by atoms with van der Waals surface area (Å²) in [6.45, 7) is 5.65. The first kappa shape index (κ1) is 20.4. The number of halogens is 6. The minimum Gasteiger partial charge on any atom is -0.499 e. The van der Waals surface area contributed by atoms with Crippen molar-refractivity contribution in [3.8, 4) is 0 Å². The van der Waals surface area contributed by atoms with Crippen LogP contribution in [0.5, 0.6) is 0 Å². The van der Waals surface area contributed by atoms with Gasteiger partial charge in [0.05, 0.1) is 13.2 Å². The second-order valence-electron chi connectivity index (χ2n) is 4.37. The van der Waals surface area contributed by atoms with Crippen LogP contribution in [0.15, 0.2) is 0 Å². The minimum atomic E-state index is -2.50. The van der Waals surface area contributed by atoms with E-state index in [0.717, 1.165) is 0 Å². The quantitative estimate of drug-likeness (QED) is 0.471. The van der Waals surface area contributed by atoms with E-state index in [1.54, 1.807) is 0 Å². The molecule has 0 atom stereocenters. The van der Waals surface area contributed by atoms with Crippen molar-refractivity contribution < 1.29 is 11.1 Å². The molecule has 0 rings (SSSR count). The maximum absolute atomic E-state index is 5.71. The molecule has 0 saturated carbocycles. The summed E-state index contributed by atoms with van der Waals surface area (Å²) in [5, 5.41) is 0. The lowest BCUT2D eigenvalue weighted by molar-refractivity contribution is 0.142. The van der Waals surface area contributed by atoms with Crippen molar-refractivity contribution in [2.24, 2.45) is 0 Å². The van der Waals surface area contributed by atoms with Crippen molar-refractivity contribution >= 4 is 93.1 Å². The largest absolute Gasteiger partial charge is 0.894 e. The van der Waals surface area contributed by atoms with Crippen molar-refractivity contribution in [2.45, 2.75) is 27.2 Å². The van der Waals surface area contributed by atoms with Crippen molar-refractivity contribution in [2.75, 3.05) is 13.2 Å². The van der Waals surface area contributed by atoms with Crippen LogP contribution in [-0.2, 0) is 11.1 Å². The highest BCUT2D eigenvalue weighted by Gasteiger charge is 2.40. The predicted molar refractivity (Wildman–Crippen MR) is 82.7 cm³/mol. The van der Waals surface area contributed by atoms with Gasteiger partial charge in [-0.2, -0.15) is 0 Å². The maximum atomic E-state index is 5.71. The van der Waals surface area contributed by atoms with E-state index in [1.165, 1.54) is 0 Å². The molecule has 0 amide bonds. The van der Waals surface area contributed by atoms with E-state index in [4.69, 9.17) is 80.7 Å². The Morgan fingerprint density at radius 2 is 1.17 bits per heavy atom. The summed E-state index contributed by atoms with van der Waals surface area (Å²) >= 11 is 31.0. The molecule has 0 unspecified atom stereocenters. The molecule has 18 heavy (non-hydrogen) atoms. The predicted octanol–water partition coefficient (Wildman–Crippen LogP) is 4.60. The van der Waals surface area contributed by atoms with Gasteiger partial charge in [0.15, 0.2) is 8.32 Å². The summed E-state index contributed by atoms with van der Waals surface area (Å²) in [5.41, 5.74) is 0. The van der Waals surface area contributed by atoms with Gasteiger partial charge in [-0.25, -0.2) is 0 Å². The SMILES string of the molecule is C[Si](C)(C)[O][Al]([O]CC(Cl)(Cl)Cl)[O]CC(Cl)(Cl)Cl. The first-order chi connectivity index (χ1) is 7.79. The molecule has 108 valence electrons. The van der Waals surface area contributed by atoms with Gasteiger partial charge in [0.25, 0.3) is 0 Å². The average molecular weight is 413 g/mol. The van der Waals surface area contributed by atoms with E-state index < -0.39 is 31.1 Å². The summed E-state index contributed by atoms with van der Waals surface area (Å²) in [5.74, 6) is 0. The van der Waals surface area contributed by atoms with Crippen LogP contribution in [0.3, 0.4) is 0 Å². The molecule has 0 aromatic rings. The van der Waals surface area contributed by atoms with Crippen molar-refractivity contribution in [1.29, 1.82) is 0 Å². The molecule has 0 aliphatic carbocycles. The van der Waals surface area contributed by atoms with E-state index in [-0.39, 0.29) is 13.2 Å². The van der Waals surface area contributed by atoms with Crippen LogP contribution in [-0.4, -0.2) is 44.3 Å². The maximum Gasteiger partial charge on any atom is 0.894 e. The fraction of sp³-hybridized carbons (Fsp3) is 1.00. The van der Waals surface area contributed by atoms with Gasteiger partial charge in [0.2, 0.25) is 7.59 Å². The first-order valence-electron chi connectivity index (χ1n) is 4.83. The topological polar surface area (TPSA) is 27.7 Å². The van der Waals surface area contributed by atoms with Gasteiger partial charge in [0, 0.05) is 0 Å². The molecule has 0 radical (unpaired) electrons. The third-order valence-electron chi connectivity index (χ3n) is 1.22. The van der Waals surface area contributed by atoms with E-state index in [1.807, 2.05) is 19.6 Å². The Balaban J connectivity index is 4.35. The molecular weight excluding hydrogens is 400 g/mol. The second-order valence-corrected chi connectivity index (χ2v) is 15.8. The van der Waals surface area contributed by atoms with Crippen LogP contribution >= 0.6 is 69.6 Å². The molecule has 11 heteroatoms. The van der Waals surface area contributed by atoms with Crippen molar-refractivity contribution in [3.05, 3.63) is 0 Å². The fourth-order valence-electron chi connectivity index (χ4n) is 0.730. The summed E-state index contributed by atoms with van der Waals surface area (Å²) in [6, 6.07) is 0. The van der Waals surface area contributed by atoms with Crippen LogP contribution in [0.4, 0.5) is 0 Å². The van der Waals surface area contributed by atoms with Crippen LogP contribution in [0, 0.1) is 0 Å². The molecular formula is C7H13AlCl6O3Si. The van der Waals surface area contributed by atoms with Crippen LogP contribution < -0.4 is 0 Å². The lowest BCUT2D eigenvalue weighted by Gasteiger charge is -2.25. The standard InChI is InChI=1S/C3H9OSi.2C2H2Cl3O.Al/c1-5(2,3)4;2*3-2(4,5)1-6;/h1-3H3;2*1H2;/q3*-1;+3. The molecule has 0 fully saturated rings. The normalized spacial score (nSPS) is 13.8. The summed E-state index contributed by atoms with van der Waals surface area (Å²) in [4.78, 5) is 0. The highest BCUT2D eigenvalue weighted by Crippen LogP contribution is 2.28. The van der Waals surface area contributed by atoms with Gasteiger partial charge in [0.1, 0.15) is 0 Å². The van der Waals surface area contributed by atoms with Crippen LogP contribution in [0.2, 0.25) is 19.6 Å². The number of hydrogen-bond donors (Lipinski definition) is 0. The third kappa shape index (κ3) is 14.8. The molecule has 0 saturated heterocycles. The second kappa shape index (κ2) is 8.12. The van der Waals surface area contributed by atoms with Gasteiger partial charge >= 0.3 is 15.1 Å². The molecule has 0 bridgehead atoms. The zero-order valence-electron chi connectivity index (χ0n) is 9.98. The number of hydrogen-bond acceptors (Lipinski definition) is 3. The Labute approximate surface area is 143 Å². The van der Waals surface area contributed by atoms with Gasteiger partial charge in [-0.15, -0.1) is 0 Å². The Morgan fingerprint density at radius 3 is 1.39 bits per heavy atom. The van der Waals surface area contributed by atoms with Gasteiger partial charge in [-0.3, -0.25) is 0 Å². The lowest BCUT2D eigenvalue weighted by Crippen LogP contribution is -2.41. The third-order valence-corrected chi connectivity index (χ3v) is 6.35. The lowest BCUT2D eigenvalue weighted by atomic mass is 10.9. The first-order valence-corrected chi connectivity index (χ1v) is 11.9. The molecule has 0 aliphatic rings. The van der Waals surface area contributed by atoms with E-state index in [9.17, 15) is 0 Å². The molecule has 0 spiro atoms. The van der Waals surface area contributed by atoms with Crippen molar-refractivity contribution in [1.82, 2.24) is 0 Å². The molecule has 0 aromatic carbocycles. The molecule has 0 aliphatic heterocycles. The summed E-state index contributed by atoms with van der Waals surface area (Å²) < 4.78 is 13.3. The average Bonchev–Trinajstić information content (AvgIpc) is 2.05. The Kier molecular flexibility index (Phi) is 9.19. The summed E-state index contributed by atoms with van der Waals surface area (Å²) in [7, 11) is -1.86. The number of rotatable bonds is 6. The minimum absolute atomic E-state index is 0.140. The molecule has 0 heterocycles. The van der Waals surface area contributed by atoms with E-state index >= 15 is 0 Å². The van der Waals surface area contributed by atoms with Crippen LogP contribution in [0.25, 0.3) is 0 Å². The number of alkyl halides is 6. The fourth-order valence-corrected chi connectivity index (χ4v) is 5.46. The van der Waals surface area contributed by atoms with Crippen LogP contribution in [0.1, 0.15) is 0 Å². The summed E-state index contributed by atoms with van der Waals surface area (Å²) in [6.07, 6.45) is 0. The Hall–Kier alpha value is 2.37. The Bertz CT molecular complexity index is 233. The monoisotopic (exact) mass is 410 g/mol. The Morgan fingerprint density at radius 1 is 0.833 bits per heavy atom. The zero-order chi connectivity index (χ0) is 14.6. The molecule has 0 N–H and O–H groups in total. The smallest absolute Gasteiger partial charge is 0.499 e. The van der Waals surface area contributed by atoms with Crippen molar-refractivity contribution in [3.63, 3.8) is 0 Å². The highest BCUT2D eigenvalue weighted by atomic mass is 35.6. The zero-order valence-corrected chi connectivity index (χ0v) is 16.7. The van der Waals surface area contributed by atoms with E-state index in [0.29, 0.717) is 0 Å². The van der Waals surface area contributed by atoms with Gasteiger partial charge < -0.3 is 11.1 Å². The van der Waals surface area contributed by atoms with Gasteiger partial charge in [-0.1, -0.05) is 69.6 Å².